The zero-order chi connectivity index (χ0) is 12.5. The fourth-order valence-corrected chi connectivity index (χ4v) is 2.16. The number of hydrogen-bond acceptors (Lipinski definition) is 2. The van der Waals surface area contributed by atoms with Gasteiger partial charge in [0.15, 0.2) is 0 Å². The minimum atomic E-state index is -0.895. The maximum atomic E-state index is 10.6. The lowest BCUT2D eigenvalue weighted by Gasteiger charge is -2.25. The van der Waals surface area contributed by atoms with Crippen LogP contribution in [0.1, 0.15) is 29.4 Å². The van der Waals surface area contributed by atoms with Crippen molar-refractivity contribution in [2.24, 2.45) is 0 Å². The van der Waals surface area contributed by atoms with Crippen molar-refractivity contribution in [3.63, 3.8) is 0 Å². The molecule has 2 rings (SSSR count). The standard InChI is InChI=1S/C15H18O2/c1-11-6-7-12(2)14(9-11)15(3,16)10-13-5-4-8-17-13/h4-9,16H,10H2,1-3H3. The Bertz CT molecular complexity index is 496. The second kappa shape index (κ2) is 4.38. The second-order valence-electron chi connectivity index (χ2n) is 4.85. The van der Waals surface area contributed by atoms with Crippen LogP contribution < -0.4 is 0 Å². The van der Waals surface area contributed by atoms with Crippen LogP contribution in [0.25, 0.3) is 0 Å². The molecule has 1 aromatic carbocycles. The van der Waals surface area contributed by atoms with Crippen LogP contribution in [0.5, 0.6) is 0 Å². The predicted molar refractivity (Wildman–Crippen MR) is 67.9 cm³/mol. The first-order valence-corrected chi connectivity index (χ1v) is 5.81. The Labute approximate surface area is 102 Å². The van der Waals surface area contributed by atoms with E-state index in [9.17, 15) is 5.11 Å². The van der Waals surface area contributed by atoms with Gasteiger partial charge in [0.05, 0.1) is 11.9 Å². The van der Waals surface area contributed by atoms with Gasteiger partial charge < -0.3 is 9.52 Å². The lowest BCUT2D eigenvalue weighted by Crippen LogP contribution is -2.25. The molecule has 0 saturated heterocycles. The Morgan fingerprint density at radius 3 is 2.65 bits per heavy atom. The van der Waals surface area contributed by atoms with Crippen molar-refractivity contribution >= 4 is 0 Å². The molecule has 0 aliphatic rings. The largest absolute Gasteiger partial charge is 0.469 e. The van der Waals surface area contributed by atoms with Gasteiger partial charge in [-0.2, -0.15) is 0 Å². The number of aliphatic hydroxyl groups is 1. The van der Waals surface area contributed by atoms with E-state index < -0.39 is 5.60 Å². The molecule has 2 aromatic rings. The summed E-state index contributed by atoms with van der Waals surface area (Å²) >= 11 is 0. The zero-order valence-electron chi connectivity index (χ0n) is 10.5. The van der Waals surface area contributed by atoms with E-state index in [1.807, 2.05) is 45.0 Å². The Hall–Kier alpha value is -1.54. The van der Waals surface area contributed by atoms with E-state index in [2.05, 4.69) is 6.07 Å². The summed E-state index contributed by atoms with van der Waals surface area (Å²) in [5.74, 6) is 0.802. The molecule has 2 heteroatoms. The normalized spacial score (nSPS) is 14.6. The molecule has 0 spiro atoms. The molecule has 1 aromatic heterocycles. The molecule has 2 nitrogen and oxygen atoms in total. The van der Waals surface area contributed by atoms with Crippen molar-refractivity contribution in [3.8, 4) is 0 Å². The van der Waals surface area contributed by atoms with E-state index in [0.29, 0.717) is 6.42 Å². The minimum Gasteiger partial charge on any atom is -0.469 e. The van der Waals surface area contributed by atoms with Crippen molar-refractivity contribution in [2.75, 3.05) is 0 Å². The number of hydrogen-bond donors (Lipinski definition) is 1. The Balaban J connectivity index is 2.33. The van der Waals surface area contributed by atoms with E-state index >= 15 is 0 Å². The summed E-state index contributed by atoms with van der Waals surface area (Å²) in [5.41, 5.74) is 2.33. The summed E-state index contributed by atoms with van der Waals surface area (Å²) in [7, 11) is 0. The van der Waals surface area contributed by atoms with Crippen molar-refractivity contribution in [2.45, 2.75) is 32.8 Å². The minimum absolute atomic E-state index is 0.490. The third kappa shape index (κ3) is 2.59. The summed E-state index contributed by atoms with van der Waals surface area (Å²) in [6.07, 6.45) is 2.12. The number of aryl methyl sites for hydroxylation is 2. The van der Waals surface area contributed by atoms with Crippen molar-refractivity contribution in [3.05, 3.63) is 59.0 Å². The molecule has 1 N–H and O–H groups in total. The summed E-state index contributed by atoms with van der Waals surface area (Å²) in [4.78, 5) is 0. The van der Waals surface area contributed by atoms with Gasteiger partial charge in [-0.15, -0.1) is 0 Å². The molecular weight excluding hydrogens is 212 g/mol. The zero-order valence-corrected chi connectivity index (χ0v) is 10.5. The SMILES string of the molecule is Cc1ccc(C)c(C(C)(O)Cc2ccco2)c1. The quantitative estimate of drug-likeness (QED) is 0.877. The average molecular weight is 230 g/mol. The number of benzene rings is 1. The molecule has 17 heavy (non-hydrogen) atoms. The maximum absolute atomic E-state index is 10.6. The van der Waals surface area contributed by atoms with E-state index in [-0.39, 0.29) is 0 Å². The van der Waals surface area contributed by atoms with Crippen LogP contribution in [0.3, 0.4) is 0 Å². The second-order valence-corrected chi connectivity index (χ2v) is 4.85. The van der Waals surface area contributed by atoms with Crippen LogP contribution >= 0.6 is 0 Å². The highest BCUT2D eigenvalue weighted by Crippen LogP contribution is 2.28. The first-order valence-electron chi connectivity index (χ1n) is 5.81. The molecule has 1 unspecified atom stereocenters. The molecule has 1 heterocycles. The third-order valence-corrected chi connectivity index (χ3v) is 3.07. The van der Waals surface area contributed by atoms with Gasteiger partial charge in [0.1, 0.15) is 5.76 Å². The van der Waals surface area contributed by atoms with Gasteiger partial charge in [-0.3, -0.25) is 0 Å². The van der Waals surface area contributed by atoms with Crippen molar-refractivity contribution in [1.29, 1.82) is 0 Å². The van der Waals surface area contributed by atoms with Gasteiger partial charge in [-0.25, -0.2) is 0 Å². The predicted octanol–water partition coefficient (Wildman–Crippen LogP) is 3.35. The smallest absolute Gasteiger partial charge is 0.106 e. The number of furan rings is 1. The van der Waals surface area contributed by atoms with E-state index in [1.165, 1.54) is 0 Å². The van der Waals surface area contributed by atoms with E-state index in [0.717, 1.165) is 22.5 Å². The highest BCUT2D eigenvalue weighted by molar-refractivity contribution is 5.35. The van der Waals surface area contributed by atoms with Gasteiger partial charge in [-0.05, 0) is 44.0 Å². The Kier molecular flexibility index (Phi) is 3.07. The first kappa shape index (κ1) is 11.9. The fourth-order valence-electron chi connectivity index (χ4n) is 2.16. The maximum Gasteiger partial charge on any atom is 0.106 e. The number of rotatable bonds is 3. The van der Waals surface area contributed by atoms with Crippen LogP contribution in [-0.2, 0) is 12.0 Å². The lowest BCUT2D eigenvalue weighted by atomic mass is 9.87. The van der Waals surface area contributed by atoms with Crippen LogP contribution in [0.2, 0.25) is 0 Å². The summed E-state index contributed by atoms with van der Waals surface area (Å²) in [6, 6.07) is 9.87. The van der Waals surface area contributed by atoms with E-state index in [4.69, 9.17) is 4.42 Å². The van der Waals surface area contributed by atoms with Crippen LogP contribution in [0, 0.1) is 13.8 Å². The van der Waals surface area contributed by atoms with Gasteiger partial charge in [0.25, 0.3) is 0 Å². The Morgan fingerprint density at radius 1 is 1.24 bits per heavy atom. The van der Waals surface area contributed by atoms with Gasteiger partial charge in [0.2, 0.25) is 0 Å². The van der Waals surface area contributed by atoms with Gasteiger partial charge in [-0.1, -0.05) is 23.8 Å². The fraction of sp³-hybridized carbons (Fsp3) is 0.333. The van der Waals surface area contributed by atoms with E-state index in [1.54, 1.807) is 6.26 Å². The highest BCUT2D eigenvalue weighted by atomic mass is 16.3. The highest BCUT2D eigenvalue weighted by Gasteiger charge is 2.26. The Morgan fingerprint density at radius 2 is 2.00 bits per heavy atom. The van der Waals surface area contributed by atoms with Gasteiger partial charge >= 0.3 is 0 Å². The average Bonchev–Trinajstić information content (AvgIpc) is 2.73. The molecule has 0 fully saturated rings. The van der Waals surface area contributed by atoms with Crippen molar-refractivity contribution < 1.29 is 9.52 Å². The molecular formula is C15H18O2. The molecule has 0 saturated carbocycles. The first-order chi connectivity index (χ1) is 7.99. The third-order valence-electron chi connectivity index (χ3n) is 3.07. The summed E-state index contributed by atoms with van der Waals surface area (Å²) in [5, 5.41) is 10.6. The molecule has 0 bridgehead atoms. The summed E-state index contributed by atoms with van der Waals surface area (Å²) < 4.78 is 5.30. The molecule has 1 atom stereocenters. The monoisotopic (exact) mass is 230 g/mol. The summed E-state index contributed by atoms with van der Waals surface area (Å²) in [6.45, 7) is 5.88. The molecule has 0 radical (unpaired) electrons. The molecule has 90 valence electrons. The van der Waals surface area contributed by atoms with Crippen LogP contribution in [0.15, 0.2) is 41.0 Å². The molecule has 0 aliphatic carbocycles. The van der Waals surface area contributed by atoms with Gasteiger partial charge in [0, 0.05) is 6.42 Å². The molecule has 0 aliphatic heterocycles. The molecule has 0 amide bonds. The van der Waals surface area contributed by atoms with Crippen LogP contribution in [-0.4, -0.2) is 5.11 Å². The lowest BCUT2D eigenvalue weighted by molar-refractivity contribution is 0.0514. The van der Waals surface area contributed by atoms with Crippen molar-refractivity contribution in [1.82, 2.24) is 0 Å². The topological polar surface area (TPSA) is 33.4 Å². The van der Waals surface area contributed by atoms with Crippen LogP contribution in [0.4, 0.5) is 0 Å².